The van der Waals surface area contributed by atoms with E-state index in [0.717, 1.165) is 32.5 Å². The molecule has 0 N–H and O–H groups in total. The fourth-order valence-corrected chi connectivity index (χ4v) is 1.92. The standard InChI is InChI=1S/C14H30O2/c1-7-10-13(4,5)16-12-11-14(6,8-2)15-9-3/h7-12H2,1-6H3. The minimum atomic E-state index is -0.0168. The molecule has 0 saturated carbocycles. The van der Waals surface area contributed by atoms with E-state index in [9.17, 15) is 0 Å². The van der Waals surface area contributed by atoms with Gasteiger partial charge in [-0.1, -0.05) is 20.3 Å². The first-order valence-corrected chi connectivity index (χ1v) is 6.67. The molecule has 0 aliphatic rings. The summed E-state index contributed by atoms with van der Waals surface area (Å²) in [7, 11) is 0. The van der Waals surface area contributed by atoms with Gasteiger partial charge in [0.25, 0.3) is 0 Å². The van der Waals surface area contributed by atoms with Crippen molar-refractivity contribution in [3.05, 3.63) is 0 Å². The summed E-state index contributed by atoms with van der Waals surface area (Å²) < 4.78 is 11.7. The molecule has 0 amide bonds. The van der Waals surface area contributed by atoms with Crippen LogP contribution in [-0.4, -0.2) is 24.4 Å². The first-order valence-electron chi connectivity index (χ1n) is 6.67. The Bertz CT molecular complexity index is 178. The molecule has 0 fully saturated rings. The highest BCUT2D eigenvalue weighted by molar-refractivity contribution is 4.74. The summed E-state index contributed by atoms with van der Waals surface area (Å²) in [6, 6.07) is 0. The summed E-state index contributed by atoms with van der Waals surface area (Å²) in [4.78, 5) is 0. The van der Waals surface area contributed by atoms with Crippen molar-refractivity contribution < 1.29 is 9.47 Å². The summed E-state index contributed by atoms with van der Waals surface area (Å²) in [5, 5.41) is 0. The van der Waals surface area contributed by atoms with E-state index in [1.807, 2.05) is 0 Å². The third kappa shape index (κ3) is 6.49. The van der Waals surface area contributed by atoms with E-state index in [2.05, 4.69) is 41.5 Å². The van der Waals surface area contributed by atoms with Crippen LogP contribution in [-0.2, 0) is 9.47 Å². The second-order valence-electron chi connectivity index (χ2n) is 5.34. The second-order valence-corrected chi connectivity index (χ2v) is 5.34. The Kier molecular flexibility index (Phi) is 7.25. The van der Waals surface area contributed by atoms with Gasteiger partial charge in [0.05, 0.1) is 17.8 Å². The SMILES string of the molecule is CCCC(C)(C)OCCC(C)(CC)OCC. The molecule has 0 aromatic carbocycles. The highest BCUT2D eigenvalue weighted by Gasteiger charge is 2.24. The van der Waals surface area contributed by atoms with Crippen LogP contribution in [0.1, 0.15) is 67.2 Å². The van der Waals surface area contributed by atoms with Crippen LogP contribution in [0.4, 0.5) is 0 Å². The predicted molar refractivity (Wildman–Crippen MR) is 69.9 cm³/mol. The number of ether oxygens (including phenoxy) is 2. The maximum Gasteiger partial charge on any atom is 0.0673 e. The molecule has 0 rings (SSSR count). The van der Waals surface area contributed by atoms with Gasteiger partial charge >= 0.3 is 0 Å². The lowest BCUT2D eigenvalue weighted by Crippen LogP contribution is -2.32. The maximum absolute atomic E-state index is 5.93. The first kappa shape index (κ1) is 15.9. The van der Waals surface area contributed by atoms with E-state index in [4.69, 9.17) is 9.47 Å². The number of rotatable bonds is 9. The molecule has 0 spiro atoms. The Balaban J connectivity index is 3.94. The van der Waals surface area contributed by atoms with Crippen molar-refractivity contribution in [1.29, 1.82) is 0 Å². The summed E-state index contributed by atoms with van der Waals surface area (Å²) >= 11 is 0. The zero-order chi connectivity index (χ0) is 12.7. The fraction of sp³-hybridized carbons (Fsp3) is 1.00. The van der Waals surface area contributed by atoms with E-state index in [1.54, 1.807) is 0 Å². The fourth-order valence-electron chi connectivity index (χ4n) is 1.92. The molecule has 2 nitrogen and oxygen atoms in total. The smallest absolute Gasteiger partial charge is 0.0673 e. The molecule has 0 aromatic heterocycles. The number of hydrogen-bond acceptors (Lipinski definition) is 2. The summed E-state index contributed by atoms with van der Waals surface area (Å²) in [5.41, 5.74) is -0.00728. The largest absolute Gasteiger partial charge is 0.375 e. The molecule has 2 heteroatoms. The minimum absolute atomic E-state index is 0.00954. The lowest BCUT2D eigenvalue weighted by atomic mass is 9.98. The van der Waals surface area contributed by atoms with Crippen molar-refractivity contribution in [1.82, 2.24) is 0 Å². The lowest BCUT2D eigenvalue weighted by Gasteiger charge is -2.31. The zero-order valence-corrected chi connectivity index (χ0v) is 12.1. The Morgan fingerprint density at radius 2 is 1.50 bits per heavy atom. The van der Waals surface area contributed by atoms with Crippen LogP contribution in [0.2, 0.25) is 0 Å². The topological polar surface area (TPSA) is 18.5 Å². The van der Waals surface area contributed by atoms with Crippen LogP contribution in [0.25, 0.3) is 0 Å². The molecule has 0 bridgehead atoms. The quantitative estimate of drug-likeness (QED) is 0.591. The van der Waals surface area contributed by atoms with Gasteiger partial charge in [-0.25, -0.2) is 0 Å². The highest BCUT2D eigenvalue weighted by Crippen LogP contribution is 2.22. The lowest BCUT2D eigenvalue weighted by molar-refractivity contribution is -0.0805. The van der Waals surface area contributed by atoms with Gasteiger partial charge in [-0.05, 0) is 47.0 Å². The van der Waals surface area contributed by atoms with Gasteiger partial charge in [-0.2, -0.15) is 0 Å². The number of hydrogen-bond donors (Lipinski definition) is 0. The van der Waals surface area contributed by atoms with Crippen LogP contribution in [0.15, 0.2) is 0 Å². The van der Waals surface area contributed by atoms with Gasteiger partial charge in [-0.3, -0.25) is 0 Å². The van der Waals surface area contributed by atoms with Crippen molar-refractivity contribution >= 4 is 0 Å². The van der Waals surface area contributed by atoms with E-state index in [0.29, 0.717) is 0 Å². The molecule has 0 aromatic rings. The van der Waals surface area contributed by atoms with Gasteiger partial charge in [0, 0.05) is 6.61 Å². The van der Waals surface area contributed by atoms with E-state index in [1.165, 1.54) is 6.42 Å². The second kappa shape index (κ2) is 7.29. The van der Waals surface area contributed by atoms with Gasteiger partial charge in [-0.15, -0.1) is 0 Å². The van der Waals surface area contributed by atoms with E-state index < -0.39 is 0 Å². The third-order valence-corrected chi connectivity index (χ3v) is 3.22. The Morgan fingerprint density at radius 1 is 0.875 bits per heavy atom. The summed E-state index contributed by atoms with van der Waals surface area (Å²) in [5.74, 6) is 0. The van der Waals surface area contributed by atoms with Crippen molar-refractivity contribution in [3.8, 4) is 0 Å². The molecule has 1 unspecified atom stereocenters. The Morgan fingerprint density at radius 3 is 1.94 bits per heavy atom. The maximum atomic E-state index is 5.93. The summed E-state index contributed by atoms with van der Waals surface area (Å²) in [6.07, 6.45) is 4.30. The average Bonchev–Trinajstić information content (AvgIpc) is 2.17. The van der Waals surface area contributed by atoms with Crippen molar-refractivity contribution in [2.75, 3.05) is 13.2 Å². The molecule has 0 heterocycles. The first-order chi connectivity index (χ1) is 7.39. The monoisotopic (exact) mass is 230 g/mol. The average molecular weight is 230 g/mol. The van der Waals surface area contributed by atoms with Gasteiger partial charge in [0.15, 0.2) is 0 Å². The van der Waals surface area contributed by atoms with Crippen LogP contribution in [0.3, 0.4) is 0 Å². The molecule has 16 heavy (non-hydrogen) atoms. The third-order valence-electron chi connectivity index (χ3n) is 3.22. The van der Waals surface area contributed by atoms with E-state index in [-0.39, 0.29) is 11.2 Å². The van der Waals surface area contributed by atoms with Crippen molar-refractivity contribution in [2.45, 2.75) is 78.4 Å². The highest BCUT2D eigenvalue weighted by atomic mass is 16.5. The molecular weight excluding hydrogens is 200 g/mol. The predicted octanol–water partition coefficient (Wildman–Crippen LogP) is 4.18. The van der Waals surface area contributed by atoms with E-state index >= 15 is 0 Å². The van der Waals surface area contributed by atoms with Crippen LogP contribution < -0.4 is 0 Å². The van der Waals surface area contributed by atoms with Crippen LogP contribution >= 0.6 is 0 Å². The molecule has 0 radical (unpaired) electrons. The van der Waals surface area contributed by atoms with Crippen molar-refractivity contribution in [2.24, 2.45) is 0 Å². The van der Waals surface area contributed by atoms with Crippen LogP contribution in [0, 0.1) is 0 Å². The summed E-state index contributed by atoms with van der Waals surface area (Å²) in [6.45, 7) is 14.5. The molecule has 1 atom stereocenters. The molecule has 0 aliphatic carbocycles. The molecule has 0 saturated heterocycles. The molecule has 98 valence electrons. The van der Waals surface area contributed by atoms with Crippen molar-refractivity contribution in [3.63, 3.8) is 0 Å². The zero-order valence-electron chi connectivity index (χ0n) is 12.1. The molecular formula is C14H30O2. The normalized spacial score (nSPS) is 16.1. The van der Waals surface area contributed by atoms with Gasteiger partial charge in [0.2, 0.25) is 0 Å². The Labute approximate surface area is 102 Å². The van der Waals surface area contributed by atoms with Gasteiger partial charge in [0.1, 0.15) is 0 Å². The van der Waals surface area contributed by atoms with Gasteiger partial charge < -0.3 is 9.47 Å². The Hall–Kier alpha value is -0.0800. The molecule has 0 aliphatic heterocycles. The minimum Gasteiger partial charge on any atom is -0.375 e. The van der Waals surface area contributed by atoms with Crippen LogP contribution in [0.5, 0.6) is 0 Å².